The van der Waals surface area contributed by atoms with Crippen molar-refractivity contribution < 1.29 is 37.4 Å². The average Bonchev–Trinajstić information content (AvgIpc) is 2.83. The summed E-state index contributed by atoms with van der Waals surface area (Å²) in [5, 5.41) is 15.7. The van der Waals surface area contributed by atoms with Gasteiger partial charge in [0.15, 0.2) is 0 Å². The van der Waals surface area contributed by atoms with E-state index < -0.39 is 36.2 Å². The Kier molecular flexibility index (Phi) is 8.38. The van der Waals surface area contributed by atoms with Crippen LogP contribution in [0.4, 0.5) is 18.0 Å². The molecule has 0 saturated carbocycles. The summed E-state index contributed by atoms with van der Waals surface area (Å²) in [5.41, 5.74) is 1.52. The molecule has 0 aliphatic carbocycles. The van der Waals surface area contributed by atoms with Gasteiger partial charge in [0.2, 0.25) is 0 Å². The van der Waals surface area contributed by atoms with Gasteiger partial charge in [-0.05, 0) is 44.4 Å². The third kappa shape index (κ3) is 7.09. The van der Waals surface area contributed by atoms with E-state index in [2.05, 4.69) is 10.3 Å². The Labute approximate surface area is 205 Å². The number of pyridine rings is 1. The summed E-state index contributed by atoms with van der Waals surface area (Å²) in [6, 6.07) is 8.29. The number of piperidine rings is 1. The van der Waals surface area contributed by atoms with Crippen LogP contribution in [0.15, 0.2) is 42.6 Å². The van der Waals surface area contributed by atoms with Crippen LogP contribution in [0.1, 0.15) is 47.5 Å². The lowest BCUT2D eigenvalue weighted by Crippen LogP contribution is -2.53. The maximum Gasteiger partial charge on any atom is 0.471 e. The number of nitrogens with one attached hydrogen (secondary N) is 2. The number of alkyl halides is 3. The molecule has 194 valence electrons. The molecule has 2 N–H and O–H groups in total. The van der Waals surface area contributed by atoms with E-state index in [1.165, 1.54) is 25.3 Å². The predicted octanol–water partition coefficient (Wildman–Crippen LogP) is 2.11. The van der Waals surface area contributed by atoms with Crippen molar-refractivity contribution in [2.45, 2.75) is 51.1 Å². The molecule has 0 unspecified atom stereocenters. The quantitative estimate of drug-likeness (QED) is 0.592. The minimum Gasteiger partial charge on any atom is -0.530 e. The number of aromatic nitrogens is 1. The summed E-state index contributed by atoms with van der Waals surface area (Å²) in [6.45, 7) is 3.72. The number of carbonyl (C=O) groups is 3. The molecule has 0 radical (unpaired) electrons. The van der Waals surface area contributed by atoms with Crippen LogP contribution in [-0.4, -0.2) is 59.1 Å². The highest BCUT2D eigenvalue weighted by Crippen LogP contribution is 2.26. The highest BCUT2D eigenvalue weighted by atomic mass is 19.4. The fourth-order valence-corrected chi connectivity index (χ4v) is 3.83. The maximum absolute atomic E-state index is 12.8. The van der Waals surface area contributed by atoms with E-state index in [-0.39, 0.29) is 24.0 Å². The Morgan fingerprint density at radius 2 is 1.86 bits per heavy atom. The van der Waals surface area contributed by atoms with E-state index in [0.717, 1.165) is 10.5 Å². The number of halogens is 3. The first-order chi connectivity index (χ1) is 16.9. The van der Waals surface area contributed by atoms with Crippen molar-refractivity contribution in [3.8, 4) is 5.75 Å². The lowest BCUT2D eigenvalue weighted by molar-refractivity contribution is -0.266. The van der Waals surface area contributed by atoms with E-state index in [1.807, 2.05) is 12.2 Å². The van der Waals surface area contributed by atoms with Gasteiger partial charge in [0.1, 0.15) is 23.6 Å². The predicted molar refractivity (Wildman–Crippen MR) is 120 cm³/mol. The molecule has 1 aliphatic rings. The maximum atomic E-state index is 12.8. The molecular weight excluding hydrogens is 481 g/mol. The number of hydrogen-bond donors (Lipinski definition) is 2. The van der Waals surface area contributed by atoms with Gasteiger partial charge in [-0.15, -0.1) is 0 Å². The highest BCUT2D eigenvalue weighted by molar-refractivity contribution is 5.92. The van der Waals surface area contributed by atoms with Crippen LogP contribution < -0.4 is 20.5 Å². The zero-order valence-electron chi connectivity index (χ0n) is 19.7. The number of carbonyl (C=O) groups excluding carboxylic acids is 3. The van der Waals surface area contributed by atoms with Crippen molar-refractivity contribution in [3.63, 3.8) is 0 Å². The molecule has 3 atom stereocenters. The first-order valence-electron chi connectivity index (χ1n) is 11.3. The summed E-state index contributed by atoms with van der Waals surface area (Å²) in [7, 11) is 0. The summed E-state index contributed by atoms with van der Waals surface area (Å²) in [5.74, 6) is -2.42. The molecule has 9 nitrogen and oxygen atoms in total. The van der Waals surface area contributed by atoms with E-state index in [4.69, 9.17) is 4.74 Å². The van der Waals surface area contributed by atoms with Crippen molar-refractivity contribution in [2.24, 2.45) is 0 Å². The van der Waals surface area contributed by atoms with Crippen molar-refractivity contribution in [2.75, 3.05) is 13.1 Å². The zero-order valence-corrected chi connectivity index (χ0v) is 19.7. The second-order valence-electron chi connectivity index (χ2n) is 8.61. The standard InChI is InChI=1S/C24H27F3N4O5/c1-14-5-7-16(8-6-14)20(15(2)29-22(33)24(25,26)27)36-18-9-10-19(28-12-18)21(32)30-17-4-3-11-31(13-17)23(34)35/h5-10,12,15,17,20H,3-4,11,13H2,1-2H3,(H,29,33)(H,30,32)(H,34,35)/p-1/t15-,17-,20-/m0/s1. The Morgan fingerprint density at radius 3 is 2.44 bits per heavy atom. The van der Waals surface area contributed by atoms with Crippen molar-refractivity contribution >= 4 is 17.9 Å². The fourth-order valence-electron chi connectivity index (χ4n) is 3.83. The van der Waals surface area contributed by atoms with Gasteiger partial charge < -0.3 is 30.2 Å². The molecular formula is C24H26F3N4O5-. The molecule has 12 heteroatoms. The highest BCUT2D eigenvalue weighted by Gasteiger charge is 2.40. The van der Waals surface area contributed by atoms with E-state index in [0.29, 0.717) is 24.9 Å². The number of carboxylic acid groups (broad SMARTS) is 1. The largest absolute Gasteiger partial charge is 0.530 e. The summed E-state index contributed by atoms with van der Waals surface area (Å²) in [4.78, 5) is 40.3. The van der Waals surface area contributed by atoms with Crippen LogP contribution in [0.2, 0.25) is 0 Å². The number of rotatable bonds is 7. The normalized spacial score (nSPS) is 17.6. The van der Waals surface area contributed by atoms with Gasteiger partial charge in [-0.3, -0.25) is 9.59 Å². The lowest BCUT2D eigenvalue weighted by atomic mass is 10.0. The second-order valence-corrected chi connectivity index (χ2v) is 8.61. The van der Waals surface area contributed by atoms with Crippen molar-refractivity contribution in [1.29, 1.82) is 0 Å². The van der Waals surface area contributed by atoms with E-state index in [1.54, 1.807) is 24.3 Å². The summed E-state index contributed by atoms with van der Waals surface area (Å²) in [6.07, 6.45) is -4.87. The number of hydrogen-bond acceptors (Lipinski definition) is 6. The van der Waals surface area contributed by atoms with Crippen LogP contribution >= 0.6 is 0 Å². The molecule has 3 rings (SSSR count). The van der Waals surface area contributed by atoms with Gasteiger partial charge >= 0.3 is 12.1 Å². The smallest absolute Gasteiger partial charge is 0.471 e. The third-order valence-corrected chi connectivity index (χ3v) is 5.72. The number of ether oxygens (including phenoxy) is 1. The topological polar surface area (TPSA) is 124 Å². The van der Waals surface area contributed by atoms with Gasteiger partial charge in [-0.2, -0.15) is 13.2 Å². The zero-order chi connectivity index (χ0) is 26.5. The number of nitrogens with zero attached hydrogens (tertiary/aromatic N) is 2. The summed E-state index contributed by atoms with van der Waals surface area (Å²) >= 11 is 0. The summed E-state index contributed by atoms with van der Waals surface area (Å²) < 4.78 is 44.2. The Morgan fingerprint density at radius 1 is 1.17 bits per heavy atom. The number of amides is 3. The van der Waals surface area contributed by atoms with Crippen molar-refractivity contribution in [1.82, 2.24) is 20.5 Å². The second kappa shape index (κ2) is 11.3. The van der Waals surface area contributed by atoms with Gasteiger partial charge in [0.25, 0.3) is 5.91 Å². The Bertz CT molecular complexity index is 1080. The minimum atomic E-state index is -5.04. The van der Waals surface area contributed by atoms with Crippen molar-refractivity contribution in [3.05, 3.63) is 59.4 Å². The van der Waals surface area contributed by atoms with Crippen LogP contribution in [0, 0.1) is 6.92 Å². The first kappa shape index (κ1) is 26.8. The number of aryl methyl sites for hydroxylation is 1. The molecule has 2 heterocycles. The van der Waals surface area contributed by atoms with Crippen LogP contribution in [0.5, 0.6) is 5.75 Å². The fraction of sp³-hybridized carbons (Fsp3) is 0.417. The SMILES string of the molecule is Cc1ccc([C@@H](Oc2ccc(C(=O)N[C@H]3CCCN(C(=O)[O-])C3)nc2)[C@H](C)NC(=O)C(F)(F)F)cc1. The molecule has 1 saturated heterocycles. The molecule has 36 heavy (non-hydrogen) atoms. The number of benzene rings is 1. The Balaban J connectivity index is 1.70. The molecule has 2 aromatic rings. The molecule has 1 aromatic heterocycles. The molecule has 1 aromatic carbocycles. The third-order valence-electron chi connectivity index (χ3n) is 5.72. The molecule has 1 aliphatic heterocycles. The van der Waals surface area contributed by atoms with Gasteiger partial charge in [0.05, 0.1) is 12.2 Å². The van der Waals surface area contributed by atoms with Gasteiger partial charge in [0, 0.05) is 19.1 Å². The molecule has 3 amide bonds. The Hall–Kier alpha value is -3.83. The van der Waals surface area contributed by atoms with Gasteiger partial charge in [-0.25, -0.2) is 4.98 Å². The van der Waals surface area contributed by atoms with Crippen LogP contribution in [0.25, 0.3) is 0 Å². The van der Waals surface area contributed by atoms with Gasteiger partial charge in [-0.1, -0.05) is 29.8 Å². The van der Waals surface area contributed by atoms with E-state index in [9.17, 15) is 32.7 Å². The van der Waals surface area contributed by atoms with Crippen LogP contribution in [-0.2, 0) is 4.79 Å². The monoisotopic (exact) mass is 507 g/mol. The van der Waals surface area contributed by atoms with E-state index >= 15 is 0 Å². The molecule has 1 fully saturated rings. The molecule has 0 bridgehead atoms. The van der Waals surface area contributed by atoms with Crippen LogP contribution in [0.3, 0.4) is 0 Å². The number of likely N-dealkylation sites (tertiary alicyclic amines) is 1. The lowest BCUT2D eigenvalue weighted by Gasteiger charge is -2.34. The molecule has 0 spiro atoms. The first-order valence-corrected chi connectivity index (χ1v) is 11.3. The minimum absolute atomic E-state index is 0.0539. The average molecular weight is 507 g/mol.